The lowest BCUT2D eigenvalue weighted by atomic mass is 9.44. The molecule has 38 nitrogen and oxygen atoms in total. The molecule has 1 aliphatic heterocycles. The van der Waals surface area contributed by atoms with Crippen LogP contribution in [0.2, 0.25) is 0 Å². The Balaban J connectivity index is 0.733. The second-order valence-electron chi connectivity index (χ2n) is 36.9. The van der Waals surface area contributed by atoms with Crippen molar-refractivity contribution >= 4 is 89.2 Å². The average Bonchev–Trinajstić information content (AvgIpc) is 0.694. The van der Waals surface area contributed by atoms with Crippen molar-refractivity contribution in [2.75, 3.05) is 26.2 Å². The van der Waals surface area contributed by atoms with Crippen LogP contribution in [0.4, 0.5) is 9.59 Å². The van der Waals surface area contributed by atoms with Crippen LogP contribution in [0.15, 0.2) is 169 Å². The number of aryl methyl sites for hydroxylation is 2. The van der Waals surface area contributed by atoms with E-state index in [1.165, 1.54) is 44.5 Å². The minimum Gasteiger partial charge on any atom is -0.481 e. The van der Waals surface area contributed by atoms with Crippen LogP contribution in [0, 0.1) is 16.7 Å². The van der Waals surface area contributed by atoms with Crippen molar-refractivity contribution in [1.82, 2.24) is 57.1 Å². The summed E-state index contributed by atoms with van der Waals surface area (Å²) in [5, 5.41) is 94.0. The van der Waals surface area contributed by atoms with Gasteiger partial charge in [0.15, 0.2) is 11.4 Å². The van der Waals surface area contributed by atoms with Crippen LogP contribution in [0.3, 0.4) is 0 Å². The molecule has 0 radical (unpaired) electrons. The molecule has 137 heavy (non-hydrogen) atoms. The van der Waals surface area contributed by atoms with Crippen molar-refractivity contribution < 1.29 is 131 Å². The molecule has 0 unspecified atom stereocenters. The molecule has 1 aromatic heterocycles. The van der Waals surface area contributed by atoms with Gasteiger partial charge < -0.3 is 101 Å². The van der Waals surface area contributed by atoms with Crippen LogP contribution in [-0.2, 0) is 118 Å². The van der Waals surface area contributed by atoms with E-state index in [0.29, 0.717) is 48.9 Å². The third-order valence-electron chi connectivity index (χ3n) is 25.5. The summed E-state index contributed by atoms with van der Waals surface area (Å²) in [5.41, 5.74) is -6.53. The normalized spacial score (nSPS) is 21.5. The Morgan fingerprint density at radius 3 is 1.80 bits per heavy atom. The molecule has 4 aliphatic rings. The summed E-state index contributed by atoms with van der Waals surface area (Å²) in [4.78, 5) is 206. The monoisotopic (exact) mass is 1900 g/mol. The highest BCUT2D eigenvalue weighted by molar-refractivity contribution is 5.96. The number of carboxylic acids is 3. The highest BCUT2D eigenvalue weighted by Crippen LogP contribution is 2.64. The fourth-order valence-electron chi connectivity index (χ4n) is 18.2. The molecule has 13 N–H and O–H groups in total. The first kappa shape index (κ1) is 106. The molecule has 3 aliphatic carbocycles. The van der Waals surface area contributed by atoms with Gasteiger partial charge in [0.25, 0.3) is 0 Å². The number of carboxylic acid groups (broad SMARTS) is 3. The van der Waals surface area contributed by atoms with Gasteiger partial charge in [0.1, 0.15) is 65.8 Å². The number of aliphatic carboxylic acids is 3. The lowest BCUT2D eigenvalue weighted by molar-refractivity contribution is -0.346. The molecule has 5 aromatic carbocycles. The number of nitrogens with zero attached hydrogens (tertiary/aromatic N) is 4. The van der Waals surface area contributed by atoms with Crippen molar-refractivity contribution in [3.05, 3.63) is 203 Å². The van der Waals surface area contributed by atoms with Gasteiger partial charge in [-0.05, 0) is 138 Å². The Hall–Kier alpha value is -13.3. The number of aromatic nitrogens is 3. The molecule has 6 aromatic rings. The number of hydrogen-bond donors (Lipinski definition) is 13. The fourth-order valence-corrected chi connectivity index (χ4v) is 18.2. The van der Waals surface area contributed by atoms with E-state index in [1.54, 1.807) is 141 Å². The summed E-state index contributed by atoms with van der Waals surface area (Å²) in [6, 6.07) is 34.8. The Kier molecular flexibility index (Phi) is 37.4. The number of urea groups is 1. The number of rotatable bonds is 48. The van der Waals surface area contributed by atoms with Crippen LogP contribution in [0.5, 0.6) is 0 Å². The maximum absolute atomic E-state index is 15.6. The van der Waals surface area contributed by atoms with Gasteiger partial charge in [0.05, 0.1) is 35.3 Å². The van der Waals surface area contributed by atoms with E-state index in [4.69, 9.17) is 33.5 Å². The van der Waals surface area contributed by atoms with Gasteiger partial charge in [0.2, 0.25) is 35.6 Å². The molecule has 2 heterocycles. The number of alkyl carbamates (subject to hydrolysis) is 1. The number of Topliss-reactive ketones (excluding diaryl/α,β-unsaturated/α-hetero) is 1. The van der Waals surface area contributed by atoms with Gasteiger partial charge in [-0.3, -0.25) is 47.8 Å². The molecule has 2 bridgehead atoms. The lowest BCUT2D eigenvalue weighted by Crippen LogP contribution is -2.81. The summed E-state index contributed by atoms with van der Waals surface area (Å²) in [6.07, 6.45) is -9.87. The molecular formula is C99H125N11O27. The summed E-state index contributed by atoms with van der Waals surface area (Å²) < 4.78 is 38.3. The average molecular weight is 1900 g/mol. The maximum Gasteiger partial charge on any atom is 0.408 e. The van der Waals surface area contributed by atoms with Crippen LogP contribution in [0.1, 0.15) is 202 Å². The standard InChI is InChI=1S/C99H125N11O27/c1-60-72(56-99(131)86(135-91(127)66-39-23-13-24-40-66)84-97(8,85(120)82(119)80(60)96(99,6)7)73(112)55-74-98(84,59-132-74)136-61(2)111)133-92(128)83(81(65-37-21-12-22-38-65)106-94(130)137-95(3,4)5)134-79(118)44-29-41-67-58-110(108-107-67)52-30-50-101-87(121)70(53-62-31-15-9-16-32-62)103-88(122)71(54-63-33-17-10-18-34-63)102-76(114)47-46-75(113)100-49-27-14-25-43-77(115)109(57-64-35-19-11-20-36-64)51-28-26-42-68(89(123)124)104-93(129)105-69(90(125)126)45-48-78(116)117/h9-13,15-24,31-40,58,68-74,81-84,86,112,119,131H,14,25-30,41-57,59H2,1-8H3,(H,100,113)(H,101,121)(H,102,114)(H,103,122)(H,106,130)(H,116,117)(H,123,124)(H,125,126)(H2,104,105,129)/t68-,69-,70-,71-,72-,73-,74+,81-,82+,83+,84-,86-,97+,98-,99+/m0/s1. The van der Waals surface area contributed by atoms with Crippen molar-refractivity contribution in [3.63, 3.8) is 0 Å². The van der Waals surface area contributed by atoms with Gasteiger partial charge in [-0.25, -0.2) is 28.8 Å². The zero-order valence-corrected chi connectivity index (χ0v) is 78.2. The molecule has 3 fully saturated rings. The smallest absolute Gasteiger partial charge is 0.408 e. The Bertz CT molecular complexity index is 5250. The molecule has 1 saturated heterocycles. The lowest BCUT2D eigenvalue weighted by Gasteiger charge is -2.67. The maximum atomic E-state index is 15.6. The predicted octanol–water partition coefficient (Wildman–Crippen LogP) is 7.11. The zero-order chi connectivity index (χ0) is 99.5. The van der Waals surface area contributed by atoms with Crippen LogP contribution >= 0.6 is 0 Å². The third-order valence-corrected chi connectivity index (χ3v) is 25.5. The SMILES string of the molecule is CC(=O)O[C@@]12CO[C@@H]1C[C@H](O)[C@@]1(C)C(=O)[C@H](O)C3=C(C)[C@@H](OC(=O)[C@H](OC(=O)CCCc4cn(CCCNC(=O)[C@H](Cc5ccccc5)NC(=O)[C@H](Cc5ccccc5)NC(=O)CCC(=O)NCCCCCC(=O)N(CCCC[C@H](NC(=O)N[C@@H](CCC(=O)O)C(=O)O)C(=O)O)Cc5ccccc5)nn4)[C@@H](NC(=O)OC(C)(C)C)c4ccccc4)C[C@@](O)([C@@H](OC(=O)c4ccccc4)[C@H]21)C3(C)C. The van der Waals surface area contributed by atoms with Crippen LogP contribution in [0.25, 0.3) is 0 Å². The van der Waals surface area contributed by atoms with Crippen molar-refractivity contribution in [2.45, 2.75) is 274 Å². The largest absolute Gasteiger partial charge is 0.481 e. The number of carbonyl (C=O) groups excluding carboxylic acids is 12. The first-order chi connectivity index (χ1) is 65.1. The number of unbranched alkanes of at least 4 members (excludes halogenated alkanes) is 3. The number of benzene rings is 5. The summed E-state index contributed by atoms with van der Waals surface area (Å²) in [6.45, 7) is 12.5. The second kappa shape index (κ2) is 48.4. The van der Waals surface area contributed by atoms with Gasteiger partial charge in [0, 0.05) is 109 Å². The number of ketones is 1. The summed E-state index contributed by atoms with van der Waals surface area (Å²) >= 11 is 0. The van der Waals surface area contributed by atoms with Crippen LogP contribution < -0.4 is 37.2 Å². The Morgan fingerprint density at radius 1 is 0.620 bits per heavy atom. The Morgan fingerprint density at radius 2 is 1.20 bits per heavy atom. The third kappa shape index (κ3) is 28.4. The highest BCUT2D eigenvalue weighted by atomic mass is 16.6. The van der Waals surface area contributed by atoms with Gasteiger partial charge in [-0.1, -0.05) is 165 Å². The molecule has 10 rings (SSSR count). The molecule has 0 spiro atoms. The zero-order valence-electron chi connectivity index (χ0n) is 78.2. The quantitative estimate of drug-likeness (QED) is 0.00782. The minimum atomic E-state index is -2.52. The molecular weight excluding hydrogens is 1780 g/mol. The topological polar surface area (TPSA) is 551 Å². The number of hydrogen-bond acceptors (Lipinski definition) is 26. The number of ether oxygens (including phenoxy) is 6. The van der Waals surface area contributed by atoms with Gasteiger partial charge in [-0.15, -0.1) is 5.10 Å². The second-order valence-corrected chi connectivity index (χ2v) is 36.9. The first-order valence-corrected chi connectivity index (χ1v) is 46.1. The van der Waals surface area contributed by atoms with E-state index in [0.717, 1.165) is 12.5 Å². The van der Waals surface area contributed by atoms with E-state index in [1.807, 2.05) is 30.3 Å². The Labute approximate surface area is 793 Å². The van der Waals surface area contributed by atoms with E-state index in [2.05, 4.69) is 47.5 Å². The van der Waals surface area contributed by atoms with Gasteiger partial charge >= 0.3 is 53.9 Å². The number of fused-ring (bicyclic) bond motifs is 5. The summed E-state index contributed by atoms with van der Waals surface area (Å²) in [7, 11) is 0. The van der Waals surface area contributed by atoms with E-state index in [9.17, 15) is 87.9 Å². The minimum absolute atomic E-state index is 0.0104. The fraction of sp³-hybridized carbons (Fsp3) is 0.505. The van der Waals surface area contributed by atoms with Crippen molar-refractivity contribution in [3.8, 4) is 0 Å². The number of nitrogens with one attached hydrogen (secondary N) is 7. The van der Waals surface area contributed by atoms with E-state index >= 15 is 9.59 Å². The first-order valence-electron chi connectivity index (χ1n) is 46.1. The molecule has 38 heteroatoms. The number of aliphatic hydroxyl groups excluding tert-OH is 2. The summed E-state index contributed by atoms with van der Waals surface area (Å²) in [5.74, 6) is -13.3. The number of aliphatic hydroxyl groups is 3. The van der Waals surface area contributed by atoms with Gasteiger partial charge in [-0.2, -0.15) is 0 Å². The van der Waals surface area contributed by atoms with E-state index < -0.39 is 203 Å². The molecule has 15 atom stereocenters. The molecule has 8 amide bonds. The van der Waals surface area contributed by atoms with Crippen LogP contribution in [-0.4, -0.2) is 244 Å². The number of carbonyl (C=O) groups is 15. The number of amides is 8. The van der Waals surface area contributed by atoms with Crippen molar-refractivity contribution in [1.29, 1.82) is 0 Å². The van der Waals surface area contributed by atoms with Crippen molar-refractivity contribution in [2.24, 2.45) is 16.7 Å². The highest BCUT2D eigenvalue weighted by Gasteiger charge is 2.78. The molecule has 738 valence electrons. The predicted molar refractivity (Wildman–Crippen MR) is 490 cm³/mol. The molecule has 2 saturated carbocycles. The number of esters is 4. The van der Waals surface area contributed by atoms with E-state index in [-0.39, 0.29) is 138 Å².